The van der Waals surface area contributed by atoms with Crippen LogP contribution < -0.4 is 0 Å². The number of amides is 1. The summed E-state index contributed by atoms with van der Waals surface area (Å²) in [5.41, 5.74) is 2.19. The molecule has 28 heavy (non-hydrogen) atoms. The zero-order valence-corrected chi connectivity index (χ0v) is 15.9. The fraction of sp³-hybridized carbons (Fsp3) is 0.400. The number of carbonyl (C=O) groups excluding carboxylic acids is 1. The molecule has 3 aromatic rings. The van der Waals surface area contributed by atoms with E-state index in [-0.39, 0.29) is 11.8 Å². The maximum atomic E-state index is 13.0. The molecule has 0 unspecified atom stereocenters. The molecule has 0 spiro atoms. The molecular weight excluding hydrogens is 356 g/mol. The highest BCUT2D eigenvalue weighted by molar-refractivity contribution is 5.93. The predicted molar refractivity (Wildman–Crippen MR) is 104 cm³/mol. The number of likely N-dealkylation sites (tertiary alicyclic amines) is 1. The van der Waals surface area contributed by atoms with E-state index >= 15 is 0 Å². The van der Waals surface area contributed by atoms with Crippen LogP contribution in [0.25, 0.3) is 11.3 Å². The van der Waals surface area contributed by atoms with Gasteiger partial charge in [0.05, 0.1) is 12.3 Å². The second-order valence-electron chi connectivity index (χ2n) is 6.96. The Morgan fingerprint density at radius 3 is 3.00 bits per heavy atom. The molecule has 0 aliphatic carbocycles. The van der Waals surface area contributed by atoms with Gasteiger partial charge in [-0.25, -0.2) is 4.98 Å². The van der Waals surface area contributed by atoms with Crippen molar-refractivity contribution in [2.75, 3.05) is 26.8 Å². The van der Waals surface area contributed by atoms with E-state index in [0.717, 1.165) is 43.0 Å². The summed E-state index contributed by atoms with van der Waals surface area (Å²) in [5.74, 6) is 1.23. The van der Waals surface area contributed by atoms with Crippen molar-refractivity contribution in [2.45, 2.75) is 25.3 Å². The zero-order chi connectivity index (χ0) is 19.3. The van der Waals surface area contributed by atoms with Gasteiger partial charge in [-0.05, 0) is 31.0 Å². The summed E-state index contributed by atoms with van der Waals surface area (Å²) in [6.45, 7) is 2.82. The molecule has 0 radical (unpaired) electrons. The summed E-state index contributed by atoms with van der Waals surface area (Å²) in [4.78, 5) is 23.5. The standard InChI is InChI=1S/C20H24N6O2/c1-28-12-11-25-10-8-22-19(25)16-3-2-9-26(14-16)20(27)18-13-17(23-24-18)15-4-6-21-7-5-15/h4-8,10,13,16H,2-3,9,11-12,14H2,1H3,(H,23,24)/t16-/m0/s1. The van der Waals surface area contributed by atoms with Crippen molar-refractivity contribution in [3.05, 3.63) is 54.5 Å². The van der Waals surface area contributed by atoms with Crippen molar-refractivity contribution in [2.24, 2.45) is 0 Å². The van der Waals surface area contributed by atoms with Crippen LogP contribution in [0.3, 0.4) is 0 Å². The van der Waals surface area contributed by atoms with Gasteiger partial charge in [-0.3, -0.25) is 14.9 Å². The van der Waals surface area contributed by atoms with Gasteiger partial charge in [0.1, 0.15) is 11.5 Å². The SMILES string of the molecule is COCCn1ccnc1[C@H]1CCCN(C(=O)c2cc(-c3ccncc3)n[nH]2)C1. The Bertz CT molecular complexity index is 920. The van der Waals surface area contributed by atoms with Gasteiger partial charge in [0, 0.05) is 63.0 Å². The summed E-state index contributed by atoms with van der Waals surface area (Å²) in [6, 6.07) is 5.56. The van der Waals surface area contributed by atoms with Crippen LogP contribution >= 0.6 is 0 Å². The lowest BCUT2D eigenvalue weighted by molar-refractivity contribution is 0.0696. The Labute approximate surface area is 163 Å². The van der Waals surface area contributed by atoms with Crippen molar-refractivity contribution in [1.82, 2.24) is 29.6 Å². The van der Waals surface area contributed by atoms with Gasteiger partial charge in [0.2, 0.25) is 0 Å². The van der Waals surface area contributed by atoms with Crippen LogP contribution in [0.1, 0.15) is 35.1 Å². The van der Waals surface area contributed by atoms with Gasteiger partial charge < -0.3 is 14.2 Å². The highest BCUT2D eigenvalue weighted by atomic mass is 16.5. The number of rotatable bonds is 6. The van der Waals surface area contributed by atoms with E-state index in [1.807, 2.05) is 29.4 Å². The first-order valence-corrected chi connectivity index (χ1v) is 9.51. The first-order valence-electron chi connectivity index (χ1n) is 9.51. The number of H-pyrrole nitrogens is 1. The highest BCUT2D eigenvalue weighted by Gasteiger charge is 2.28. The molecule has 4 rings (SSSR count). The Kier molecular flexibility index (Phi) is 5.48. The van der Waals surface area contributed by atoms with Crippen LogP contribution in [-0.4, -0.2) is 62.3 Å². The summed E-state index contributed by atoms with van der Waals surface area (Å²) in [6.07, 6.45) is 9.21. The average molecular weight is 380 g/mol. The van der Waals surface area contributed by atoms with E-state index < -0.39 is 0 Å². The van der Waals surface area contributed by atoms with E-state index in [1.54, 1.807) is 25.6 Å². The summed E-state index contributed by atoms with van der Waals surface area (Å²) < 4.78 is 7.31. The number of hydrogen-bond donors (Lipinski definition) is 1. The maximum absolute atomic E-state index is 13.0. The van der Waals surface area contributed by atoms with Crippen molar-refractivity contribution in [3.8, 4) is 11.3 Å². The molecule has 1 fully saturated rings. The Balaban J connectivity index is 1.47. The van der Waals surface area contributed by atoms with Gasteiger partial charge >= 0.3 is 0 Å². The lowest BCUT2D eigenvalue weighted by Crippen LogP contribution is -2.40. The van der Waals surface area contributed by atoms with Gasteiger partial charge in [0.15, 0.2) is 0 Å². The molecule has 1 atom stereocenters. The largest absolute Gasteiger partial charge is 0.383 e. The molecule has 4 heterocycles. The molecule has 1 aliphatic heterocycles. The lowest BCUT2D eigenvalue weighted by atomic mass is 9.96. The molecule has 146 valence electrons. The number of nitrogens with zero attached hydrogens (tertiary/aromatic N) is 5. The summed E-state index contributed by atoms with van der Waals surface area (Å²) in [5, 5.41) is 7.18. The van der Waals surface area contributed by atoms with Crippen LogP contribution in [0.5, 0.6) is 0 Å². The van der Waals surface area contributed by atoms with Crippen LogP contribution in [-0.2, 0) is 11.3 Å². The molecule has 1 saturated heterocycles. The minimum atomic E-state index is -0.0208. The Morgan fingerprint density at radius 1 is 1.32 bits per heavy atom. The first-order chi connectivity index (χ1) is 13.8. The van der Waals surface area contributed by atoms with Crippen molar-refractivity contribution < 1.29 is 9.53 Å². The second kappa shape index (κ2) is 8.35. The molecule has 1 aliphatic rings. The van der Waals surface area contributed by atoms with Gasteiger partial charge in [-0.1, -0.05) is 0 Å². The lowest BCUT2D eigenvalue weighted by Gasteiger charge is -2.32. The molecule has 8 heteroatoms. The first kappa shape index (κ1) is 18.4. The zero-order valence-electron chi connectivity index (χ0n) is 15.9. The third-order valence-electron chi connectivity index (χ3n) is 5.14. The van der Waals surface area contributed by atoms with Crippen LogP contribution in [0.4, 0.5) is 0 Å². The number of carbonyl (C=O) groups is 1. The van der Waals surface area contributed by atoms with E-state index in [4.69, 9.17) is 4.74 Å². The topological polar surface area (TPSA) is 88.9 Å². The van der Waals surface area contributed by atoms with Gasteiger partial charge in [-0.15, -0.1) is 0 Å². The molecule has 0 bridgehead atoms. The minimum Gasteiger partial charge on any atom is -0.383 e. The van der Waals surface area contributed by atoms with Crippen LogP contribution in [0.2, 0.25) is 0 Å². The number of methoxy groups -OCH3 is 1. The monoisotopic (exact) mass is 380 g/mol. The molecule has 8 nitrogen and oxygen atoms in total. The molecule has 0 aromatic carbocycles. The number of aromatic amines is 1. The number of imidazole rings is 1. The fourth-order valence-electron chi connectivity index (χ4n) is 3.70. The van der Waals surface area contributed by atoms with Crippen molar-refractivity contribution in [3.63, 3.8) is 0 Å². The quantitative estimate of drug-likeness (QED) is 0.709. The molecular formula is C20H24N6O2. The van der Waals surface area contributed by atoms with Crippen LogP contribution in [0.15, 0.2) is 43.0 Å². The number of ether oxygens (including phenoxy) is 1. The van der Waals surface area contributed by atoms with Gasteiger partial charge in [0.25, 0.3) is 5.91 Å². The summed E-state index contributed by atoms with van der Waals surface area (Å²) in [7, 11) is 1.70. The molecule has 1 amide bonds. The number of nitrogens with one attached hydrogen (secondary N) is 1. The normalized spacial score (nSPS) is 17.0. The van der Waals surface area contributed by atoms with E-state index in [2.05, 4.69) is 24.7 Å². The Morgan fingerprint density at radius 2 is 2.18 bits per heavy atom. The smallest absolute Gasteiger partial charge is 0.271 e. The van der Waals surface area contributed by atoms with Gasteiger partial charge in [-0.2, -0.15) is 5.10 Å². The van der Waals surface area contributed by atoms with Crippen molar-refractivity contribution in [1.29, 1.82) is 0 Å². The van der Waals surface area contributed by atoms with Crippen LogP contribution in [0, 0.1) is 0 Å². The average Bonchev–Trinajstić information content (AvgIpc) is 3.42. The number of pyridine rings is 1. The predicted octanol–water partition coefficient (Wildman–Crippen LogP) is 2.33. The second-order valence-corrected chi connectivity index (χ2v) is 6.96. The third kappa shape index (κ3) is 3.82. The highest BCUT2D eigenvalue weighted by Crippen LogP contribution is 2.27. The Hall–Kier alpha value is -3.00. The fourth-order valence-corrected chi connectivity index (χ4v) is 3.70. The minimum absolute atomic E-state index is 0.0208. The van der Waals surface area contributed by atoms with E-state index in [0.29, 0.717) is 18.8 Å². The van der Waals surface area contributed by atoms with E-state index in [9.17, 15) is 4.79 Å². The van der Waals surface area contributed by atoms with E-state index in [1.165, 1.54) is 0 Å². The number of aromatic nitrogens is 5. The number of piperidine rings is 1. The maximum Gasteiger partial charge on any atom is 0.271 e. The molecule has 1 N–H and O–H groups in total. The number of hydrogen-bond acceptors (Lipinski definition) is 5. The van der Waals surface area contributed by atoms with Crippen molar-refractivity contribution >= 4 is 5.91 Å². The molecule has 3 aromatic heterocycles. The summed E-state index contributed by atoms with van der Waals surface area (Å²) >= 11 is 0. The third-order valence-corrected chi connectivity index (χ3v) is 5.14. The molecule has 0 saturated carbocycles.